The number of anilines is 1. The summed E-state index contributed by atoms with van der Waals surface area (Å²) in [5, 5.41) is 9.87. The summed E-state index contributed by atoms with van der Waals surface area (Å²) in [5.74, 6) is -4.06. The molecule has 1 fully saturated rings. The number of benzene rings is 2. The average Bonchev–Trinajstić information content (AvgIpc) is 3.22. The van der Waals surface area contributed by atoms with E-state index in [4.69, 9.17) is 25.8 Å². The van der Waals surface area contributed by atoms with E-state index in [2.05, 4.69) is 0 Å². The SMILES string of the molecule is COCOc1cc2c(cc1F)C=C(C[C@@H](C)CO)C21CCC(C(=O)OC)(N(C(=O)C(F)(F)F)c2cccc(Cl)c2)CC1. The highest BCUT2D eigenvalue weighted by molar-refractivity contribution is 6.31. The maximum atomic E-state index is 14.9. The molecule has 1 amide bonds. The first-order valence-electron chi connectivity index (χ1n) is 13.4. The van der Waals surface area contributed by atoms with Crippen molar-refractivity contribution < 1.29 is 46.5 Å². The van der Waals surface area contributed by atoms with Crippen molar-refractivity contribution in [3.05, 3.63) is 63.9 Å². The number of methoxy groups -OCH3 is 2. The van der Waals surface area contributed by atoms with Crippen LogP contribution in [-0.4, -0.2) is 56.3 Å². The number of aliphatic hydroxyl groups excluding tert-OH is 1. The van der Waals surface area contributed by atoms with Gasteiger partial charge in [0.1, 0.15) is 5.54 Å². The molecule has 7 nitrogen and oxygen atoms in total. The summed E-state index contributed by atoms with van der Waals surface area (Å²) >= 11 is 6.09. The number of carbonyl (C=O) groups is 2. The zero-order chi connectivity index (χ0) is 30.9. The molecule has 0 aromatic heterocycles. The van der Waals surface area contributed by atoms with E-state index in [9.17, 15) is 32.3 Å². The highest BCUT2D eigenvalue weighted by Gasteiger charge is 2.59. The number of alkyl halides is 3. The molecule has 2 aromatic carbocycles. The van der Waals surface area contributed by atoms with Crippen molar-refractivity contribution in [2.45, 2.75) is 56.2 Å². The maximum absolute atomic E-state index is 14.9. The molecule has 0 saturated heterocycles. The maximum Gasteiger partial charge on any atom is 0.471 e. The van der Waals surface area contributed by atoms with Crippen LogP contribution in [0, 0.1) is 11.7 Å². The second-order valence-electron chi connectivity index (χ2n) is 10.8. The molecule has 2 aliphatic rings. The normalized spacial score (nSPS) is 22.4. The lowest BCUT2D eigenvalue weighted by Crippen LogP contribution is -2.63. The Hall–Kier alpha value is -3.15. The Morgan fingerprint density at radius 1 is 1.12 bits per heavy atom. The molecule has 4 rings (SSSR count). The third-order valence-corrected chi connectivity index (χ3v) is 8.45. The molecule has 12 heteroatoms. The number of amides is 1. The summed E-state index contributed by atoms with van der Waals surface area (Å²) in [7, 11) is 2.45. The van der Waals surface area contributed by atoms with Crippen LogP contribution in [0.25, 0.3) is 6.08 Å². The Morgan fingerprint density at radius 2 is 1.81 bits per heavy atom. The van der Waals surface area contributed by atoms with Gasteiger partial charge in [0.05, 0.1) is 7.11 Å². The van der Waals surface area contributed by atoms with E-state index in [1.165, 1.54) is 37.4 Å². The Morgan fingerprint density at radius 3 is 2.38 bits per heavy atom. The molecule has 1 N–H and O–H groups in total. The van der Waals surface area contributed by atoms with E-state index in [1.807, 2.05) is 13.0 Å². The molecular formula is C30H32ClF4NO6. The second-order valence-corrected chi connectivity index (χ2v) is 11.2. The van der Waals surface area contributed by atoms with Gasteiger partial charge in [0.25, 0.3) is 0 Å². The van der Waals surface area contributed by atoms with Crippen molar-refractivity contribution in [1.29, 1.82) is 0 Å². The minimum Gasteiger partial charge on any atom is -0.467 e. The Bertz CT molecular complexity index is 1370. The minimum absolute atomic E-state index is 0.0579. The number of rotatable bonds is 9. The third-order valence-electron chi connectivity index (χ3n) is 8.21. The van der Waals surface area contributed by atoms with Crippen molar-refractivity contribution in [1.82, 2.24) is 0 Å². The number of hydrogen-bond acceptors (Lipinski definition) is 6. The molecule has 228 valence electrons. The molecule has 0 heterocycles. The average molecular weight is 614 g/mol. The molecule has 1 saturated carbocycles. The highest BCUT2D eigenvalue weighted by atomic mass is 35.5. The van der Waals surface area contributed by atoms with Crippen molar-refractivity contribution in [3.63, 3.8) is 0 Å². The Labute approximate surface area is 246 Å². The lowest BCUT2D eigenvalue weighted by molar-refractivity contribution is -0.174. The summed E-state index contributed by atoms with van der Waals surface area (Å²) in [6, 6.07) is 8.20. The molecule has 0 aliphatic heterocycles. The number of halogens is 5. The van der Waals surface area contributed by atoms with Crippen molar-refractivity contribution in [3.8, 4) is 5.75 Å². The van der Waals surface area contributed by atoms with E-state index in [0.717, 1.165) is 12.7 Å². The lowest BCUT2D eigenvalue weighted by Gasteiger charge is -2.50. The van der Waals surface area contributed by atoms with Crippen LogP contribution in [0.15, 0.2) is 42.0 Å². The van der Waals surface area contributed by atoms with E-state index >= 15 is 0 Å². The zero-order valence-electron chi connectivity index (χ0n) is 23.4. The first-order chi connectivity index (χ1) is 19.8. The predicted molar refractivity (Wildman–Crippen MR) is 148 cm³/mol. The summed E-state index contributed by atoms with van der Waals surface area (Å²) < 4.78 is 72.4. The standard InChI is InChI=1S/C30H32ClF4NO6/c1-18(16-37)11-20-12-19-13-24(32)25(42-17-40-2)15-23(19)28(20)7-9-29(10-8-28,27(39)41-3)36(26(38)30(33,34)35)22-6-4-5-21(31)14-22/h4-6,12-15,18,37H,7-11,16-17H2,1-3H3/t18-,28?,29?/m1/s1. The van der Waals surface area contributed by atoms with Crippen LogP contribution < -0.4 is 9.64 Å². The number of aliphatic hydroxyl groups is 1. The van der Waals surface area contributed by atoms with Gasteiger partial charge in [-0.3, -0.25) is 9.69 Å². The molecule has 42 heavy (non-hydrogen) atoms. The van der Waals surface area contributed by atoms with Gasteiger partial charge in [0, 0.05) is 29.8 Å². The van der Waals surface area contributed by atoms with Gasteiger partial charge in [-0.05, 0) is 79.5 Å². The Balaban J connectivity index is 1.84. The predicted octanol–water partition coefficient (Wildman–Crippen LogP) is 6.20. The monoisotopic (exact) mass is 613 g/mol. The number of ether oxygens (including phenoxy) is 3. The van der Waals surface area contributed by atoms with Gasteiger partial charge in [-0.25, -0.2) is 9.18 Å². The van der Waals surface area contributed by atoms with Gasteiger partial charge >= 0.3 is 18.1 Å². The van der Waals surface area contributed by atoms with Gasteiger partial charge in [0.2, 0.25) is 0 Å². The van der Waals surface area contributed by atoms with Crippen LogP contribution in [0.4, 0.5) is 23.2 Å². The zero-order valence-corrected chi connectivity index (χ0v) is 24.1. The molecule has 1 spiro atoms. The number of hydrogen-bond donors (Lipinski definition) is 1. The van der Waals surface area contributed by atoms with E-state index in [-0.39, 0.29) is 61.5 Å². The van der Waals surface area contributed by atoms with E-state index in [1.54, 1.807) is 6.07 Å². The Kier molecular flexibility index (Phi) is 9.25. The molecule has 0 unspecified atom stereocenters. The van der Waals surface area contributed by atoms with E-state index in [0.29, 0.717) is 22.4 Å². The summed E-state index contributed by atoms with van der Waals surface area (Å²) in [5.41, 5.74) is -0.928. The van der Waals surface area contributed by atoms with Crippen LogP contribution in [0.3, 0.4) is 0 Å². The summed E-state index contributed by atoms with van der Waals surface area (Å²) in [4.78, 5) is 26.9. The fourth-order valence-electron chi connectivity index (χ4n) is 6.22. The third kappa shape index (κ3) is 5.74. The number of nitrogens with zero attached hydrogens (tertiary/aromatic N) is 1. The minimum atomic E-state index is -5.30. The van der Waals surface area contributed by atoms with Gasteiger partial charge in [-0.1, -0.05) is 36.2 Å². The molecule has 2 aromatic rings. The van der Waals surface area contributed by atoms with Gasteiger partial charge in [-0.2, -0.15) is 13.2 Å². The molecule has 2 aliphatic carbocycles. The van der Waals surface area contributed by atoms with Crippen LogP contribution in [0.1, 0.15) is 50.2 Å². The van der Waals surface area contributed by atoms with Gasteiger partial charge in [-0.15, -0.1) is 0 Å². The second kappa shape index (κ2) is 12.2. The fraction of sp³-hybridized carbons (Fsp3) is 0.467. The molecular weight excluding hydrogens is 582 g/mol. The lowest BCUT2D eigenvalue weighted by atomic mass is 9.60. The number of allylic oxidation sites excluding steroid dienone is 1. The molecule has 1 atom stereocenters. The quantitative estimate of drug-likeness (QED) is 0.206. The topological polar surface area (TPSA) is 85.3 Å². The summed E-state index contributed by atoms with van der Waals surface area (Å²) in [6.45, 7) is 1.52. The largest absolute Gasteiger partial charge is 0.471 e. The van der Waals surface area contributed by atoms with Crippen LogP contribution in [0.2, 0.25) is 5.02 Å². The fourth-order valence-corrected chi connectivity index (χ4v) is 6.40. The summed E-state index contributed by atoms with van der Waals surface area (Å²) in [6.07, 6.45) is -3.22. The van der Waals surface area contributed by atoms with E-state index < -0.39 is 34.8 Å². The van der Waals surface area contributed by atoms with Crippen LogP contribution >= 0.6 is 11.6 Å². The first kappa shape index (κ1) is 31.8. The van der Waals surface area contributed by atoms with Crippen molar-refractivity contribution in [2.75, 3.05) is 32.5 Å². The molecule has 0 bridgehead atoms. The van der Waals surface area contributed by atoms with Crippen LogP contribution in [-0.2, 0) is 24.5 Å². The van der Waals surface area contributed by atoms with Crippen LogP contribution in [0.5, 0.6) is 5.75 Å². The van der Waals surface area contributed by atoms with Crippen molar-refractivity contribution in [2.24, 2.45) is 5.92 Å². The smallest absolute Gasteiger partial charge is 0.467 e. The number of carbonyl (C=O) groups excluding carboxylic acids is 2. The molecule has 0 radical (unpaired) electrons. The first-order valence-corrected chi connectivity index (χ1v) is 13.7. The van der Waals surface area contributed by atoms with Gasteiger partial charge in [0.15, 0.2) is 18.4 Å². The van der Waals surface area contributed by atoms with Gasteiger partial charge < -0.3 is 19.3 Å². The number of esters is 1. The number of fused-ring (bicyclic) bond motifs is 2. The van der Waals surface area contributed by atoms with Crippen molar-refractivity contribution >= 4 is 35.2 Å². The highest BCUT2D eigenvalue weighted by Crippen LogP contribution is 2.57.